The van der Waals surface area contributed by atoms with E-state index in [2.05, 4.69) is 15.3 Å². The fourth-order valence-electron chi connectivity index (χ4n) is 1.13. The number of nitrogens with two attached hydrogens (primary N) is 1. The van der Waals surface area contributed by atoms with E-state index in [1.165, 1.54) is 0 Å². The molecule has 0 aliphatic rings. The quantitative estimate of drug-likeness (QED) is 0.659. The minimum atomic E-state index is 0.0180. The van der Waals surface area contributed by atoms with Crippen LogP contribution in [0.25, 0.3) is 0 Å². The van der Waals surface area contributed by atoms with E-state index in [4.69, 9.17) is 22.4 Å². The van der Waals surface area contributed by atoms with Gasteiger partial charge in [0.1, 0.15) is 11.5 Å². The average Bonchev–Trinajstić information content (AvgIpc) is 2.21. The zero-order valence-corrected chi connectivity index (χ0v) is 9.38. The summed E-state index contributed by atoms with van der Waals surface area (Å²) < 4.78 is 0. The Morgan fingerprint density at radius 1 is 1.47 bits per heavy atom. The van der Waals surface area contributed by atoms with E-state index in [0.29, 0.717) is 23.9 Å². The minimum Gasteiger partial charge on any atom is -0.395 e. The molecule has 0 aromatic carbocycles. The maximum Gasteiger partial charge on any atom is 0.157 e. The highest BCUT2D eigenvalue weighted by atomic mass is 35.5. The number of hydrogen-bond acceptors (Lipinski definition) is 5. The van der Waals surface area contributed by atoms with Gasteiger partial charge in [-0.25, -0.2) is 9.97 Å². The molecule has 0 amide bonds. The number of aliphatic hydroxyl groups is 1. The van der Waals surface area contributed by atoms with Gasteiger partial charge in [0.25, 0.3) is 0 Å². The van der Waals surface area contributed by atoms with Gasteiger partial charge >= 0.3 is 0 Å². The van der Waals surface area contributed by atoms with Crippen molar-refractivity contribution in [1.29, 1.82) is 0 Å². The molecule has 15 heavy (non-hydrogen) atoms. The second kappa shape index (κ2) is 5.72. The lowest BCUT2D eigenvalue weighted by atomic mass is 10.3. The molecule has 0 spiro atoms. The highest BCUT2D eigenvalue weighted by Gasteiger charge is 2.08. The monoisotopic (exact) mass is 230 g/mol. The van der Waals surface area contributed by atoms with Crippen molar-refractivity contribution in [1.82, 2.24) is 9.97 Å². The SMILES string of the molecule is CCCc1nc(Cl)c(N)c(NCCO)n1. The van der Waals surface area contributed by atoms with Crippen LogP contribution in [0.15, 0.2) is 0 Å². The van der Waals surface area contributed by atoms with Crippen molar-refractivity contribution in [2.75, 3.05) is 24.2 Å². The summed E-state index contributed by atoms with van der Waals surface area (Å²) >= 11 is 5.86. The molecule has 0 aliphatic carbocycles. The molecule has 5 nitrogen and oxygen atoms in total. The Morgan fingerprint density at radius 3 is 2.80 bits per heavy atom. The largest absolute Gasteiger partial charge is 0.395 e. The number of nitrogen functional groups attached to an aromatic ring is 1. The fraction of sp³-hybridized carbons (Fsp3) is 0.556. The molecule has 0 unspecified atom stereocenters. The van der Waals surface area contributed by atoms with Gasteiger partial charge in [-0.3, -0.25) is 0 Å². The van der Waals surface area contributed by atoms with E-state index in [1.807, 2.05) is 6.92 Å². The first-order chi connectivity index (χ1) is 7.19. The number of anilines is 2. The van der Waals surface area contributed by atoms with Crippen molar-refractivity contribution in [2.24, 2.45) is 0 Å². The second-order valence-corrected chi connectivity index (χ2v) is 3.45. The molecule has 0 bridgehead atoms. The van der Waals surface area contributed by atoms with E-state index in [1.54, 1.807) is 0 Å². The predicted octanol–water partition coefficient (Wildman–Crippen LogP) is 1.07. The number of aromatic nitrogens is 2. The van der Waals surface area contributed by atoms with E-state index < -0.39 is 0 Å². The zero-order valence-electron chi connectivity index (χ0n) is 8.63. The molecular weight excluding hydrogens is 216 g/mol. The number of nitrogens with zero attached hydrogens (tertiary/aromatic N) is 2. The molecule has 1 heterocycles. The van der Waals surface area contributed by atoms with Gasteiger partial charge in [0.05, 0.1) is 6.61 Å². The molecule has 0 fully saturated rings. The maximum atomic E-state index is 8.68. The number of nitrogens with one attached hydrogen (secondary N) is 1. The molecule has 0 saturated carbocycles. The topological polar surface area (TPSA) is 84.1 Å². The van der Waals surface area contributed by atoms with Crippen LogP contribution < -0.4 is 11.1 Å². The molecule has 0 radical (unpaired) electrons. The molecule has 0 atom stereocenters. The maximum absolute atomic E-state index is 8.68. The molecule has 84 valence electrons. The van der Waals surface area contributed by atoms with Gasteiger partial charge in [0.15, 0.2) is 11.0 Å². The van der Waals surface area contributed by atoms with Crippen LogP contribution >= 0.6 is 11.6 Å². The minimum absolute atomic E-state index is 0.0180. The van der Waals surface area contributed by atoms with Crippen LogP contribution in [0.3, 0.4) is 0 Å². The number of rotatable bonds is 5. The molecular formula is C9H15ClN4O. The summed E-state index contributed by atoms with van der Waals surface area (Å²) in [4.78, 5) is 8.28. The fourth-order valence-corrected chi connectivity index (χ4v) is 1.32. The lowest BCUT2D eigenvalue weighted by molar-refractivity contribution is 0.311. The van der Waals surface area contributed by atoms with Crippen molar-refractivity contribution < 1.29 is 5.11 Å². The first-order valence-corrected chi connectivity index (χ1v) is 5.23. The highest BCUT2D eigenvalue weighted by molar-refractivity contribution is 6.32. The van der Waals surface area contributed by atoms with Crippen LogP contribution in [0.2, 0.25) is 5.15 Å². The van der Waals surface area contributed by atoms with Crippen molar-refractivity contribution in [3.8, 4) is 0 Å². The normalized spacial score (nSPS) is 10.3. The Labute approximate surface area is 93.7 Å². The standard InChI is InChI=1S/C9H15ClN4O/c1-2-3-6-13-8(10)7(11)9(14-6)12-4-5-15/h15H,2-5,11H2,1H3,(H,12,13,14). The summed E-state index contributed by atoms with van der Waals surface area (Å²) in [5, 5.41) is 11.8. The lowest BCUT2D eigenvalue weighted by Crippen LogP contribution is -2.11. The second-order valence-electron chi connectivity index (χ2n) is 3.09. The molecule has 0 saturated heterocycles. The smallest absolute Gasteiger partial charge is 0.157 e. The van der Waals surface area contributed by atoms with Crippen LogP contribution in [0.1, 0.15) is 19.2 Å². The van der Waals surface area contributed by atoms with Crippen LogP contribution in [-0.2, 0) is 6.42 Å². The molecule has 4 N–H and O–H groups in total. The average molecular weight is 231 g/mol. The third-order valence-corrected chi connectivity index (χ3v) is 2.11. The molecule has 1 aromatic heterocycles. The number of hydrogen-bond donors (Lipinski definition) is 3. The van der Waals surface area contributed by atoms with E-state index in [9.17, 15) is 0 Å². The Morgan fingerprint density at radius 2 is 2.20 bits per heavy atom. The highest BCUT2D eigenvalue weighted by Crippen LogP contribution is 2.23. The summed E-state index contributed by atoms with van der Waals surface area (Å²) in [5.41, 5.74) is 6.01. The molecule has 0 aliphatic heterocycles. The molecule has 6 heteroatoms. The van der Waals surface area contributed by atoms with Gasteiger partial charge in [-0.05, 0) is 6.42 Å². The third-order valence-electron chi connectivity index (χ3n) is 1.82. The predicted molar refractivity (Wildman–Crippen MR) is 61.0 cm³/mol. The summed E-state index contributed by atoms with van der Waals surface area (Å²) in [6, 6.07) is 0. The number of halogens is 1. The Hall–Kier alpha value is -1.07. The number of aliphatic hydroxyl groups excluding tert-OH is 1. The van der Waals surface area contributed by atoms with Gasteiger partial charge in [0.2, 0.25) is 0 Å². The van der Waals surface area contributed by atoms with Crippen molar-refractivity contribution >= 4 is 23.1 Å². The van der Waals surface area contributed by atoms with Crippen LogP contribution in [0.4, 0.5) is 11.5 Å². The Bertz CT molecular complexity index is 332. The van der Waals surface area contributed by atoms with Gasteiger partial charge in [-0.15, -0.1) is 0 Å². The number of aryl methyl sites for hydroxylation is 1. The van der Waals surface area contributed by atoms with Crippen LogP contribution in [0.5, 0.6) is 0 Å². The van der Waals surface area contributed by atoms with Gasteiger partial charge in [0, 0.05) is 13.0 Å². The molecule has 1 aromatic rings. The van der Waals surface area contributed by atoms with E-state index >= 15 is 0 Å². The van der Waals surface area contributed by atoms with Crippen molar-refractivity contribution in [3.63, 3.8) is 0 Å². The van der Waals surface area contributed by atoms with E-state index in [0.717, 1.165) is 12.8 Å². The summed E-state index contributed by atoms with van der Waals surface area (Å²) in [5.74, 6) is 1.16. The Balaban J connectivity index is 2.91. The zero-order chi connectivity index (χ0) is 11.3. The summed E-state index contributed by atoms with van der Waals surface area (Å²) in [7, 11) is 0. The van der Waals surface area contributed by atoms with Gasteiger partial charge < -0.3 is 16.2 Å². The summed E-state index contributed by atoms with van der Waals surface area (Å²) in [6.07, 6.45) is 1.70. The Kier molecular flexibility index (Phi) is 4.58. The summed E-state index contributed by atoms with van der Waals surface area (Å²) in [6.45, 7) is 2.45. The van der Waals surface area contributed by atoms with Crippen LogP contribution in [-0.4, -0.2) is 28.2 Å². The first kappa shape index (κ1) is 12.0. The first-order valence-electron chi connectivity index (χ1n) is 4.85. The van der Waals surface area contributed by atoms with Gasteiger partial charge in [-0.1, -0.05) is 18.5 Å². The lowest BCUT2D eigenvalue weighted by Gasteiger charge is -2.09. The van der Waals surface area contributed by atoms with Gasteiger partial charge in [-0.2, -0.15) is 0 Å². The van der Waals surface area contributed by atoms with Crippen molar-refractivity contribution in [3.05, 3.63) is 11.0 Å². The molecule has 1 rings (SSSR count). The third kappa shape index (κ3) is 3.21. The van der Waals surface area contributed by atoms with Crippen molar-refractivity contribution in [2.45, 2.75) is 19.8 Å². The van der Waals surface area contributed by atoms with Crippen LogP contribution in [0, 0.1) is 0 Å². The van der Waals surface area contributed by atoms with E-state index in [-0.39, 0.29) is 11.8 Å².